The monoisotopic (exact) mass is 349 g/mol. The summed E-state index contributed by atoms with van der Waals surface area (Å²) in [6, 6.07) is 12.3. The Morgan fingerprint density at radius 3 is 2.84 bits per heavy atom. The third-order valence-corrected chi connectivity index (χ3v) is 5.30. The number of nitrogens with one attached hydrogen (secondary N) is 1. The number of anilines is 1. The zero-order valence-electron chi connectivity index (χ0n) is 14.2. The number of hydrogen-bond acceptors (Lipinski definition) is 5. The maximum Gasteiger partial charge on any atom is 0.134 e. The zero-order chi connectivity index (χ0) is 17.2. The van der Waals surface area contributed by atoms with Crippen molar-refractivity contribution < 1.29 is 4.42 Å². The van der Waals surface area contributed by atoms with Gasteiger partial charge < -0.3 is 9.73 Å². The van der Waals surface area contributed by atoms with Gasteiger partial charge in [-0.2, -0.15) is 0 Å². The number of para-hydroxylation sites is 1. The van der Waals surface area contributed by atoms with Crippen LogP contribution in [0.1, 0.15) is 16.9 Å². The highest BCUT2D eigenvalue weighted by molar-refractivity contribution is 7.13. The van der Waals surface area contributed by atoms with E-state index in [1.54, 1.807) is 17.7 Å². The number of furan rings is 1. The molecule has 3 heterocycles. The van der Waals surface area contributed by atoms with Gasteiger partial charge in [0, 0.05) is 23.6 Å². The van der Waals surface area contributed by atoms with Gasteiger partial charge in [-0.3, -0.25) is 0 Å². The van der Waals surface area contributed by atoms with Gasteiger partial charge in [0.05, 0.1) is 10.6 Å². The van der Waals surface area contributed by atoms with Crippen LogP contribution in [0.5, 0.6) is 0 Å². The number of fused-ring (bicyclic) bond motifs is 1. The van der Waals surface area contributed by atoms with Crippen LogP contribution in [0.3, 0.4) is 0 Å². The van der Waals surface area contributed by atoms with Crippen LogP contribution in [-0.4, -0.2) is 16.5 Å². The molecule has 0 radical (unpaired) electrons. The number of rotatable bonds is 5. The highest BCUT2D eigenvalue weighted by Crippen LogP contribution is 2.27. The summed E-state index contributed by atoms with van der Waals surface area (Å²) in [6.45, 7) is 4.92. The van der Waals surface area contributed by atoms with Gasteiger partial charge in [0.1, 0.15) is 23.5 Å². The fourth-order valence-corrected chi connectivity index (χ4v) is 3.87. The van der Waals surface area contributed by atoms with Crippen molar-refractivity contribution in [1.82, 2.24) is 9.97 Å². The molecule has 0 saturated heterocycles. The molecule has 4 nitrogen and oxygen atoms in total. The highest BCUT2D eigenvalue weighted by atomic mass is 32.1. The molecule has 5 heteroatoms. The van der Waals surface area contributed by atoms with Gasteiger partial charge in [-0.25, -0.2) is 9.97 Å². The predicted molar refractivity (Wildman–Crippen MR) is 103 cm³/mol. The maximum atomic E-state index is 5.83. The first-order valence-corrected chi connectivity index (χ1v) is 9.17. The van der Waals surface area contributed by atoms with Crippen molar-refractivity contribution in [2.24, 2.45) is 0 Å². The minimum Gasteiger partial charge on any atom is -0.461 e. The molecule has 126 valence electrons. The zero-order valence-corrected chi connectivity index (χ0v) is 15.1. The standard InChI is InChI=1S/C20H19N3OS/c1-13-9-19(25-11-13)17-10-20(23-12-22-17)21-8-7-15-14(2)24-18-6-4-3-5-16(15)18/h3-6,9-12H,7-8H2,1-2H3,(H,21,22,23). The highest BCUT2D eigenvalue weighted by Gasteiger charge is 2.10. The molecule has 25 heavy (non-hydrogen) atoms. The maximum absolute atomic E-state index is 5.83. The summed E-state index contributed by atoms with van der Waals surface area (Å²) in [5, 5.41) is 6.73. The Labute approximate surface area is 150 Å². The number of aryl methyl sites for hydroxylation is 2. The molecule has 0 aliphatic carbocycles. The summed E-state index contributed by atoms with van der Waals surface area (Å²) in [5.74, 6) is 1.84. The second kappa shape index (κ2) is 6.69. The molecule has 0 saturated carbocycles. The summed E-state index contributed by atoms with van der Waals surface area (Å²) in [4.78, 5) is 9.88. The molecule has 0 aliphatic heterocycles. The molecule has 0 fully saturated rings. The molecule has 1 aromatic carbocycles. The van der Waals surface area contributed by atoms with E-state index in [2.05, 4.69) is 39.7 Å². The van der Waals surface area contributed by atoms with Crippen molar-refractivity contribution in [2.45, 2.75) is 20.3 Å². The lowest BCUT2D eigenvalue weighted by Crippen LogP contribution is -2.07. The number of aromatic nitrogens is 2. The first kappa shape index (κ1) is 15.8. The van der Waals surface area contributed by atoms with Crippen molar-refractivity contribution in [3.63, 3.8) is 0 Å². The Balaban J connectivity index is 1.47. The fourth-order valence-electron chi connectivity index (χ4n) is 3.00. The van der Waals surface area contributed by atoms with E-state index in [1.807, 2.05) is 31.2 Å². The van der Waals surface area contributed by atoms with Crippen molar-refractivity contribution in [1.29, 1.82) is 0 Å². The smallest absolute Gasteiger partial charge is 0.134 e. The van der Waals surface area contributed by atoms with E-state index >= 15 is 0 Å². The molecule has 4 aromatic rings. The van der Waals surface area contributed by atoms with Gasteiger partial charge in [0.2, 0.25) is 0 Å². The lowest BCUT2D eigenvalue weighted by molar-refractivity contribution is 0.572. The predicted octanol–water partition coefficient (Wildman–Crippen LogP) is 5.22. The molecule has 0 aliphatic rings. The third-order valence-electron chi connectivity index (χ3n) is 4.23. The van der Waals surface area contributed by atoms with Crippen LogP contribution in [0, 0.1) is 13.8 Å². The Kier molecular flexibility index (Phi) is 4.24. The van der Waals surface area contributed by atoms with Crippen LogP contribution in [-0.2, 0) is 6.42 Å². The topological polar surface area (TPSA) is 51.0 Å². The van der Waals surface area contributed by atoms with Crippen molar-refractivity contribution in [3.05, 3.63) is 65.0 Å². The van der Waals surface area contributed by atoms with E-state index in [9.17, 15) is 0 Å². The van der Waals surface area contributed by atoms with Crippen molar-refractivity contribution >= 4 is 28.1 Å². The first-order chi connectivity index (χ1) is 12.2. The molecule has 0 atom stereocenters. The van der Waals surface area contributed by atoms with E-state index in [1.165, 1.54) is 21.4 Å². The van der Waals surface area contributed by atoms with E-state index in [0.717, 1.165) is 35.8 Å². The number of thiophene rings is 1. The van der Waals surface area contributed by atoms with Crippen LogP contribution in [0.2, 0.25) is 0 Å². The molecule has 3 aromatic heterocycles. The number of benzene rings is 1. The van der Waals surface area contributed by atoms with Crippen LogP contribution >= 0.6 is 11.3 Å². The quantitative estimate of drug-likeness (QED) is 0.536. The van der Waals surface area contributed by atoms with E-state index in [-0.39, 0.29) is 0 Å². The van der Waals surface area contributed by atoms with E-state index < -0.39 is 0 Å². The molecule has 0 unspecified atom stereocenters. The van der Waals surface area contributed by atoms with E-state index in [4.69, 9.17) is 4.42 Å². The van der Waals surface area contributed by atoms with Gasteiger partial charge in [-0.05, 0) is 43.3 Å². The number of nitrogens with zero attached hydrogens (tertiary/aromatic N) is 2. The van der Waals surface area contributed by atoms with Gasteiger partial charge in [-0.15, -0.1) is 11.3 Å². The molecule has 0 spiro atoms. The lowest BCUT2D eigenvalue weighted by atomic mass is 10.1. The Hall–Kier alpha value is -2.66. The minimum atomic E-state index is 0.796. The largest absolute Gasteiger partial charge is 0.461 e. The molecular formula is C20H19N3OS. The first-order valence-electron chi connectivity index (χ1n) is 8.29. The van der Waals surface area contributed by atoms with Crippen LogP contribution < -0.4 is 5.32 Å². The van der Waals surface area contributed by atoms with E-state index in [0.29, 0.717) is 0 Å². The minimum absolute atomic E-state index is 0.796. The van der Waals surface area contributed by atoms with Crippen molar-refractivity contribution in [2.75, 3.05) is 11.9 Å². The Bertz CT molecular complexity index is 1020. The molecular weight excluding hydrogens is 330 g/mol. The molecule has 0 amide bonds. The summed E-state index contributed by atoms with van der Waals surface area (Å²) < 4.78 is 5.83. The molecule has 4 rings (SSSR count). The SMILES string of the molecule is Cc1csc(-c2cc(NCCc3c(C)oc4ccccc34)ncn2)c1. The van der Waals surface area contributed by atoms with Gasteiger partial charge in [-0.1, -0.05) is 18.2 Å². The van der Waals surface area contributed by atoms with Crippen molar-refractivity contribution in [3.8, 4) is 10.6 Å². The molecule has 1 N–H and O–H groups in total. The summed E-state index contributed by atoms with van der Waals surface area (Å²) in [6.07, 6.45) is 2.51. The fraction of sp³-hybridized carbons (Fsp3) is 0.200. The summed E-state index contributed by atoms with van der Waals surface area (Å²) >= 11 is 1.71. The second-order valence-corrected chi connectivity index (χ2v) is 7.00. The van der Waals surface area contributed by atoms with Gasteiger partial charge in [0.25, 0.3) is 0 Å². The third kappa shape index (κ3) is 3.28. The van der Waals surface area contributed by atoms with Crippen LogP contribution in [0.4, 0.5) is 5.82 Å². The summed E-state index contributed by atoms with van der Waals surface area (Å²) in [5.41, 5.74) is 4.43. The Morgan fingerprint density at radius 2 is 2.00 bits per heavy atom. The van der Waals surface area contributed by atoms with Crippen LogP contribution in [0.15, 0.2) is 52.5 Å². The molecule has 0 bridgehead atoms. The van der Waals surface area contributed by atoms with Crippen LogP contribution in [0.25, 0.3) is 21.5 Å². The average Bonchev–Trinajstić information content (AvgIpc) is 3.19. The normalized spacial score (nSPS) is 11.1. The summed E-state index contributed by atoms with van der Waals surface area (Å²) in [7, 11) is 0. The average molecular weight is 349 g/mol. The van der Waals surface area contributed by atoms with Gasteiger partial charge in [0.15, 0.2) is 0 Å². The number of hydrogen-bond donors (Lipinski definition) is 1. The Morgan fingerprint density at radius 1 is 1.12 bits per heavy atom. The van der Waals surface area contributed by atoms with Gasteiger partial charge >= 0.3 is 0 Å². The lowest BCUT2D eigenvalue weighted by Gasteiger charge is -2.06. The second-order valence-electron chi connectivity index (χ2n) is 6.09.